The third-order valence-electron chi connectivity index (χ3n) is 5.72. The SMILES string of the molecule is CSN(CC(F)F)[C@@H]1CC[C@H](n2c(CCNS(C)(=O)=O)nc3cnc4[nH]ccc4c32)C1. The number of hydrogen-bond donors (Lipinski definition) is 2. The molecule has 8 nitrogen and oxygen atoms in total. The highest BCUT2D eigenvalue weighted by molar-refractivity contribution is 7.96. The molecule has 0 aliphatic heterocycles. The van der Waals surface area contributed by atoms with Crippen LogP contribution in [-0.4, -0.2) is 70.3 Å². The van der Waals surface area contributed by atoms with Crippen LogP contribution in [0.15, 0.2) is 18.5 Å². The Hall–Kier alpha value is -1.76. The van der Waals surface area contributed by atoms with Gasteiger partial charge in [0, 0.05) is 36.6 Å². The van der Waals surface area contributed by atoms with E-state index in [2.05, 4.69) is 19.3 Å². The molecule has 0 saturated heterocycles. The van der Waals surface area contributed by atoms with Crippen LogP contribution < -0.4 is 4.72 Å². The number of halogens is 2. The number of rotatable bonds is 9. The van der Waals surface area contributed by atoms with Gasteiger partial charge in [0.05, 0.1) is 24.5 Å². The molecule has 1 fully saturated rings. The first-order chi connectivity index (χ1) is 14.8. The second-order valence-corrected chi connectivity index (χ2v) is 10.5. The standard InChI is InChI=1S/C19H26F2N6O2S2/c1-30-26(11-16(20)21)12-3-4-13(9-12)27-17(6-8-24-31(2,28)29)25-15-10-23-19-14(18(15)27)5-7-22-19/h5,7,10,12-13,16,24H,3-4,6,8-9,11H2,1-2H3,(H,22,23)/t12-,13+/m1/s1. The molecule has 0 aromatic carbocycles. The maximum atomic E-state index is 13.0. The summed E-state index contributed by atoms with van der Waals surface area (Å²) in [5.41, 5.74) is 2.46. The molecule has 31 heavy (non-hydrogen) atoms. The van der Waals surface area contributed by atoms with Gasteiger partial charge >= 0.3 is 0 Å². The highest BCUT2D eigenvalue weighted by Gasteiger charge is 2.33. The first-order valence-corrected chi connectivity index (χ1v) is 13.2. The molecule has 3 aromatic heterocycles. The van der Waals surface area contributed by atoms with E-state index >= 15 is 0 Å². The van der Waals surface area contributed by atoms with Gasteiger partial charge in [0.25, 0.3) is 6.43 Å². The number of sulfonamides is 1. The number of hydrogen-bond acceptors (Lipinski definition) is 6. The predicted molar refractivity (Wildman–Crippen MR) is 119 cm³/mol. The maximum Gasteiger partial charge on any atom is 0.252 e. The van der Waals surface area contributed by atoms with Crippen LogP contribution >= 0.6 is 11.9 Å². The van der Waals surface area contributed by atoms with Crippen molar-refractivity contribution < 1.29 is 17.2 Å². The van der Waals surface area contributed by atoms with Gasteiger partial charge in [-0.2, -0.15) is 0 Å². The maximum absolute atomic E-state index is 13.0. The summed E-state index contributed by atoms with van der Waals surface area (Å²) >= 11 is 1.36. The third kappa shape index (κ3) is 4.86. The highest BCUT2D eigenvalue weighted by Crippen LogP contribution is 2.39. The Morgan fingerprint density at radius 1 is 1.42 bits per heavy atom. The quantitative estimate of drug-likeness (QED) is 0.465. The summed E-state index contributed by atoms with van der Waals surface area (Å²) in [5.74, 6) is 0.775. The van der Waals surface area contributed by atoms with Crippen molar-refractivity contribution in [3.63, 3.8) is 0 Å². The minimum atomic E-state index is -3.30. The minimum Gasteiger partial charge on any atom is -0.346 e. The smallest absolute Gasteiger partial charge is 0.252 e. The molecule has 1 saturated carbocycles. The predicted octanol–water partition coefficient (Wildman–Crippen LogP) is 2.94. The van der Waals surface area contributed by atoms with E-state index < -0.39 is 16.4 Å². The average molecular weight is 473 g/mol. The number of pyridine rings is 1. The first-order valence-electron chi connectivity index (χ1n) is 10.1. The molecular weight excluding hydrogens is 446 g/mol. The molecule has 0 unspecified atom stereocenters. The Labute approximate surface area is 184 Å². The van der Waals surface area contributed by atoms with Gasteiger partial charge in [-0.3, -0.25) is 0 Å². The van der Waals surface area contributed by atoms with Crippen molar-refractivity contribution in [3.8, 4) is 0 Å². The fraction of sp³-hybridized carbons (Fsp3) is 0.579. The summed E-state index contributed by atoms with van der Waals surface area (Å²) in [7, 11) is -3.30. The van der Waals surface area contributed by atoms with E-state index in [4.69, 9.17) is 4.98 Å². The van der Waals surface area contributed by atoms with Crippen LogP contribution in [0.25, 0.3) is 22.1 Å². The fourth-order valence-electron chi connectivity index (χ4n) is 4.50. The van der Waals surface area contributed by atoms with Crippen LogP contribution in [-0.2, 0) is 16.4 Å². The number of aromatic amines is 1. The van der Waals surface area contributed by atoms with Crippen LogP contribution in [0.5, 0.6) is 0 Å². The summed E-state index contributed by atoms with van der Waals surface area (Å²) < 4.78 is 55.5. The van der Waals surface area contributed by atoms with Crippen LogP contribution in [0.3, 0.4) is 0 Å². The van der Waals surface area contributed by atoms with E-state index in [1.807, 2.05) is 18.5 Å². The lowest BCUT2D eigenvalue weighted by molar-refractivity contribution is 0.112. The van der Waals surface area contributed by atoms with E-state index in [0.717, 1.165) is 53.4 Å². The molecule has 3 aromatic rings. The number of aromatic nitrogens is 4. The molecule has 1 aliphatic carbocycles. The molecule has 1 aliphatic rings. The molecule has 2 N–H and O–H groups in total. The van der Waals surface area contributed by atoms with E-state index in [9.17, 15) is 17.2 Å². The molecular formula is C19H26F2N6O2S2. The van der Waals surface area contributed by atoms with E-state index in [1.165, 1.54) is 11.9 Å². The lowest BCUT2D eigenvalue weighted by Gasteiger charge is -2.26. The molecule has 0 amide bonds. The number of imidazole rings is 1. The highest BCUT2D eigenvalue weighted by atomic mass is 32.2. The molecule has 3 heterocycles. The second-order valence-electron chi connectivity index (χ2n) is 7.84. The second kappa shape index (κ2) is 9.00. The Balaban J connectivity index is 1.69. The van der Waals surface area contributed by atoms with Gasteiger partial charge in [-0.05, 0) is 31.6 Å². The fourth-order valence-corrected chi connectivity index (χ4v) is 5.72. The molecule has 12 heteroatoms. The number of alkyl halides is 2. The van der Waals surface area contributed by atoms with Gasteiger partial charge in [0.2, 0.25) is 10.0 Å². The Morgan fingerprint density at radius 2 is 2.23 bits per heavy atom. The molecule has 0 spiro atoms. The number of nitrogens with zero attached hydrogens (tertiary/aromatic N) is 4. The van der Waals surface area contributed by atoms with E-state index in [-0.39, 0.29) is 25.2 Å². The van der Waals surface area contributed by atoms with Gasteiger partial charge in [-0.15, -0.1) is 0 Å². The number of fused-ring (bicyclic) bond motifs is 3. The number of H-pyrrole nitrogens is 1. The first kappa shape index (κ1) is 22.4. The van der Waals surface area contributed by atoms with Gasteiger partial charge in [-0.25, -0.2) is 36.2 Å². The summed E-state index contributed by atoms with van der Waals surface area (Å²) in [4.78, 5) is 12.3. The zero-order valence-electron chi connectivity index (χ0n) is 17.4. The Morgan fingerprint density at radius 3 is 2.94 bits per heavy atom. The van der Waals surface area contributed by atoms with Gasteiger partial charge in [0.15, 0.2) is 0 Å². The molecule has 4 rings (SSSR count). The molecule has 2 atom stereocenters. The number of nitrogens with one attached hydrogen (secondary N) is 2. The summed E-state index contributed by atoms with van der Waals surface area (Å²) in [6.45, 7) is -0.00925. The van der Waals surface area contributed by atoms with Gasteiger partial charge in [-0.1, -0.05) is 11.9 Å². The zero-order chi connectivity index (χ0) is 22.2. The largest absolute Gasteiger partial charge is 0.346 e. The van der Waals surface area contributed by atoms with Crippen molar-refractivity contribution in [1.82, 2.24) is 28.5 Å². The van der Waals surface area contributed by atoms with Crippen LogP contribution in [0.2, 0.25) is 0 Å². The van der Waals surface area contributed by atoms with Crippen molar-refractivity contribution in [1.29, 1.82) is 0 Å². The van der Waals surface area contributed by atoms with E-state index in [0.29, 0.717) is 6.42 Å². The van der Waals surface area contributed by atoms with Crippen LogP contribution in [0, 0.1) is 0 Å². The molecule has 0 bridgehead atoms. The van der Waals surface area contributed by atoms with Crippen molar-refractivity contribution in [2.24, 2.45) is 0 Å². The summed E-state index contributed by atoms with van der Waals surface area (Å²) in [6.07, 6.45) is 6.97. The third-order valence-corrected chi connectivity index (χ3v) is 7.37. The monoisotopic (exact) mass is 472 g/mol. The zero-order valence-corrected chi connectivity index (χ0v) is 19.0. The Bertz CT molecular complexity index is 1160. The molecule has 170 valence electrons. The topological polar surface area (TPSA) is 95.9 Å². The van der Waals surface area contributed by atoms with Crippen LogP contribution in [0.4, 0.5) is 8.78 Å². The van der Waals surface area contributed by atoms with E-state index in [1.54, 1.807) is 10.5 Å². The minimum absolute atomic E-state index is 0.0528. The van der Waals surface area contributed by atoms with Crippen molar-refractivity contribution >= 4 is 44.0 Å². The van der Waals surface area contributed by atoms with Crippen LogP contribution in [0.1, 0.15) is 31.1 Å². The summed E-state index contributed by atoms with van der Waals surface area (Å²) in [5, 5.41) is 0.949. The normalized spacial score (nSPS) is 20.1. The van der Waals surface area contributed by atoms with Gasteiger partial charge in [0.1, 0.15) is 17.0 Å². The van der Waals surface area contributed by atoms with Gasteiger partial charge < -0.3 is 9.55 Å². The van der Waals surface area contributed by atoms with Crippen molar-refractivity contribution in [2.45, 2.75) is 44.2 Å². The summed E-state index contributed by atoms with van der Waals surface area (Å²) in [6, 6.07) is 2.10. The Kier molecular flexibility index (Phi) is 6.52. The lowest BCUT2D eigenvalue weighted by Crippen LogP contribution is -2.31. The lowest BCUT2D eigenvalue weighted by atomic mass is 10.2. The molecule has 0 radical (unpaired) electrons. The average Bonchev–Trinajstić information content (AvgIpc) is 3.41. The van der Waals surface area contributed by atoms with Crippen molar-refractivity contribution in [2.75, 3.05) is 25.6 Å². The van der Waals surface area contributed by atoms with Crippen molar-refractivity contribution in [3.05, 3.63) is 24.3 Å².